The second-order valence-corrected chi connectivity index (χ2v) is 4.67. The Morgan fingerprint density at radius 3 is 2.30 bits per heavy atom. The van der Waals surface area contributed by atoms with E-state index in [9.17, 15) is 0 Å². The average molecular weight is 292 g/mol. The summed E-state index contributed by atoms with van der Waals surface area (Å²) in [4.78, 5) is 0. The first kappa shape index (κ1) is 16.5. The van der Waals surface area contributed by atoms with E-state index in [2.05, 4.69) is 42.6 Å². The molecule has 0 heterocycles. The fourth-order valence-electron chi connectivity index (χ4n) is 2.08. The second-order valence-electron chi connectivity index (χ2n) is 4.67. The third-order valence-electron chi connectivity index (χ3n) is 3.19. The SMILES string of the molecule is CNCCC(Oc1ccccc1C)c1ccccc1.Cl. The van der Waals surface area contributed by atoms with Gasteiger partial charge in [0.2, 0.25) is 0 Å². The lowest BCUT2D eigenvalue weighted by Crippen LogP contribution is -2.16. The summed E-state index contributed by atoms with van der Waals surface area (Å²) in [6.07, 6.45) is 1.05. The van der Waals surface area contributed by atoms with Gasteiger partial charge in [-0.2, -0.15) is 0 Å². The summed E-state index contributed by atoms with van der Waals surface area (Å²) in [6.45, 7) is 3.01. The summed E-state index contributed by atoms with van der Waals surface area (Å²) in [5.41, 5.74) is 2.40. The van der Waals surface area contributed by atoms with E-state index in [0.29, 0.717) is 0 Å². The third-order valence-corrected chi connectivity index (χ3v) is 3.19. The van der Waals surface area contributed by atoms with Crippen molar-refractivity contribution in [3.05, 3.63) is 65.7 Å². The van der Waals surface area contributed by atoms with E-state index >= 15 is 0 Å². The summed E-state index contributed by atoms with van der Waals surface area (Å²) >= 11 is 0. The van der Waals surface area contributed by atoms with Crippen molar-refractivity contribution in [2.75, 3.05) is 13.6 Å². The molecule has 0 saturated heterocycles. The topological polar surface area (TPSA) is 21.3 Å². The van der Waals surface area contributed by atoms with Gasteiger partial charge in [-0.25, -0.2) is 0 Å². The molecule has 1 N–H and O–H groups in total. The van der Waals surface area contributed by atoms with Gasteiger partial charge in [-0.3, -0.25) is 0 Å². The van der Waals surface area contributed by atoms with E-state index in [1.54, 1.807) is 0 Å². The van der Waals surface area contributed by atoms with Gasteiger partial charge in [-0.05, 0) is 37.7 Å². The van der Waals surface area contributed by atoms with E-state index in [-0.39, 0.29) is 18.5 Å². The minimum atomic E-state index is 0. The van der Waals surface area contributed by atoms with Gasteiger partial charge >= 0.3 is 0 Å². The number of para-hydroxylation sites is 1. The zero-order valence-corrected chi connectivity index (χ0v) is 12.8. The monoisotopic (exact) mass is 291 g/mol. The lowest BCUT2D eigenvalue weighted by molar-refractivity contribution is 0.193. The van der Waals surface area contributed by atoms with Crippen LogP contribution in [-0.2, 0) is 0 Å². The van der Waals surface area contributed by atoms with Crippen molar-refractivity contribution >= 4 is 12.4 Å². The van der Waals surface area contributed by atoms with Gasteiger partial charge in [0.15, 0.2) is 0 Å². The Balaban J connectivity index is 0.00000200. The molecule has 2 nitrogen and oxygen atoms in total. The molecule has 0 fully saturated rings. The number of aryl methyl sites for hydroxylation is 1. The lowest BCUT2D eigenvalue weighted by atomic mass is 10.1. The fraction of sp³-hybridized carbons (Fsp3) is 0.294. The van der Waals surface area contributed by atoms with Gasteiger partial charge in [-0.1, -0.05) is 48.5 Å². The van der Waals surface area contributed by atoms with Crippen LogP contribution in [0.15, 0.2) is 54.6 Å². The summed E-state index contributed by atoms with van der Waals surface area (Å²) < 4.78 is 6.19. The van der Waals surface area contributed by atoms with Gasteiger partial charge in [0.25, 0.3) is 0 Å². The number of hydrogen-bond acceptors (Lipinski definition) is 2. The Bertz CT molecular complexity index is 501. The molecule has 0 aliphatic carbocycles. The summed E-state index contributed by atoms with van der Waals surface area (Å²) in [7, 11) is 1.97. The fourth-order valence-corrected chi connectivity index (χ4v) is 2.08. The maximum atomic E-state index is 6.19. The summed E-state index contributed by atoms with van der Waals surface area (Å²) in [6, 6.07) is 18.6. The lowest BCUT2D eigenvalue weighted by Gasteiger charge is -2.20. The average Bonchev–Trinajstić information content (AvgIpc) is 2.46. The molecule has 3 heteroatoms. The van der Waals surface area contributed by atoms with Crippen molar-refractivity contribution in [1.29, 1.82) is 0 Å². The number of nitrogens with one attached hydrogen (secondary N) is 1. The molecule has 0 amide bonds. The van der Waals surface area contributed by atoms with Crippen molar-refractivity contribution in [1.82, 2.24) is 5.32 Å². The molecular formula is C17H22ClNO. The molecule has 2 aromatic rings. The molecule has 0 aliphatic rings. The van der Waals surface area contributed by atoms with E-state index in [1.165, 1.54) is 11.1 Å². The minimum absolute atomic E-state index is 0. The predicted molar refractivity (Wildman–Crippen MR) is 86.8 cm³/mol. The Labute approximate surface area is 127 Å². The van der Waals surface area contributed by atoms with Gasteiger partial charge < -0.3 is 10.1 Å². The second kappa shape index (κ2) is 8.62. The molecule has 1 atom stereocenters. The number of halogens is 1. The van der Waals surface area contributed by atoms with Crippen molar-refractivity contribution in [3.63, 3.8) is 0 Å². The first-order chi connectivity index (χ1) is 9.31. The molecule has 108 valence electrons. The Kier molecular flexibility index (Phi) is 7.13. The van der Waals surface area contributed by atoms with Crippen LogP contribution in [0.2, 0.25) is 0 Å². The van der Waals surface area contributed by atoms with E-state index in [0.717, 1.165) is 18.7 Å². The Hall–Kier alpha value is -1.51. The van der Waals surface area contributed by atoms with E-state index in [4.69, 9.17) is 4.74 Å². The normalized spacial score (nSPS) is 11.5. The molecule has 0 spiro atoms. The van der Waals surface area contributed by atoms with Crippen LogP contribution in [0.4, 0.5) is 0 Å². The van der Waals surface area contributed by atoms with Gasteiger partial charge in [0, 0.05) is 6.42 Å². The molecule has 0 radical (unpaired) electrons. The molecule has 0 bridgehead atoms. The number of rotatable bonds is 6. The van der Waals surface area contributed by atoms with E-state index < -0.39 is 0 Å². The molecule has 1 unspecified atom stereocenters. The zero-order valence-electron chi connectivity index (χ0n) is 12.0. The molecule has 2 rings (SSSR count). The molecule has 2 aromatic carbocycles. The van der Waals surface area contributed by atoms with Crippen LogP contribution in [0.5, 0.6) is 5.75 Å². The van der Waals surface area contributed by atoms with Gasteiger partial charge in [-0.15, -0.1) is 12.4 Å². The first-order valence-corrected chi connectivity index (χ1v) is 6.73. The number of ether oxygens (including phenoxy) is 1. The highest BCUT2D eigenvalue weighted by Crippen LogP contribution is 2.26. The third kappa shape index (κ3) is 4.55. The Morgan fingerprint density at radius 2 is 1.65 bits per heavy atom. The summed E-state index contributed by atoms with van der Waals surface area (Å²) in [5.74, 6) is 0.965. The van der Waals surface area contributed by atoms with Crippen LogP contribution >= 0.6 is 12.4 Å². The molecule has 0 saturated carbocycles. The minimum Gasteiger partial charge on any atom is -0.485 e. The quantitative estimate of drug-likeness (QED) is 0.863. The van der Waals surface area contributed by atoms with Crippen LogP contribution in [0.25, 0.3) is 0 Å². The summed E-state index contributed by atoms with van der Waals surface area (Å²) in [5, 5.41) is 3.19. The molecule has 20 heavy (non-hydrogen) atoms. The van der Waals surface area contributed by atoms with Crippen molar-refractivity contribution < 1.29 is 4.74 Å². The standard InChI is InChI=1S/C17H21NO.ClH/c1-14-8-6-7-11-16(14)19-17(12-13-18-2)15-9-4-3-5-10-15;/h3-11,17-18H,12-13H2,1-2H3;1H. The van der Waals surface area contributed by atoms with Crippen molar-refractivity contribution in [2.45, 2.75) is 19.4 Å². The maximum Gasteiger partial charge on any atom is 0.125 e. The predicted octanol–water partition coefficient (Wildman–Crippen LogP) is 4.15. The molecule has 0 aromatic heterocycles. The highest BCUT2D eigenvalue weighted by Gasteiger charge is 2.13. The molecular weight excluding hydrogens is 270 g/mol. The smallest absolute Gasteiger partial charge is 0.125 e. The van der Waals surface area contributed by atoms with E-state index in [1.807, 2.05) is 31.3 Å². The number of hydrogen-bond donors (Lipinski definition) is 1. The van der Waals surface area contributed by atoms with Crippen LogP contribution in [0.1, 0.15) is 23.7 Å². The van der Waals surface area contributed by atoms with Crippen LogP contribution in [0.3, 0.4) is 0 Å². The van der Waals surface area contributed by atoms with Crippen LogP contribution in [-0.4, -0.2) is 13.6 Å². The first-order valence-electron chi connectivity index (χ1n) is 6.73. The van der Waals surface area contributed by atoms with Crippen LogP contribution < -0.4 is 10.1 Å². The number of benzene rings is 2. The molecule has 0 aliphatic heterocycles. The highest BCUT2D eigenvalue weighted by atomic mass is 35.5. The van der Waals surface area contributed by atoms with Crippen molar-refractivity contribution in [3.8, 4) is 5.75 Å². The Morgan fingerprint density at radius 1 is 1.00 bits per heavy atom. The van der Waals surface area contributed by atoms with Crippen LogP contribution in [0, 0.1) is 6.92 Å². The van der Waals surface area contributed by atoms with Crippen molar-refractivity contribution in [2.24, 2.45) is 0 Å². The van der Waals surface area contributed by atoms with Gasteiger partial charge in [0.1, 0.15) is 11.9 Å². The van der Waals surface area contributed by atoms with Gasteiger partial charge in [0.05, 0.1) is 0 Å². The maximum absolute atomic E-state index is 6.19. The highest BCUT2D eigenvalue weighted by molar-refractivity contribution is 5.85. The largest absolute Gasteiger partial charge is 0.485 e. The zero-order chi connectivity index (χ0) is 13.5.